The molecule has 3 nitrogen and oxygen atoms in total. The minimum atomic E-state index is -4.02. The van der Waals surface area contributed by atoms with Crippen LogP contribution in [0, 0.1) is 11.6 Å². The third kappa shape index (κ3) is 3.53. The standard InChI is InChI=1S/C17H13F2NO2S2/c18-14-9-8-13(11-15(14)19)24(21,22)20-17(16-7-4-10-23-16)12-5-2-1-3-6-12/h1-11,17,20H/t17-/m1/s1. The maximum atomic E-state index is 13.4. The largest absolute Gasteiger partial charge is 0.241 e. The maximum Gasteiger partial charge on any atom is 0.241 e. The molecule has 1 N–H and O–H groups in total. The summed E-state index contributed by atoms with van der Waals surface area (Å²) in [6.07, 6.45) is 0. The first-order chi connectivity index (χ1) is 11.5. The Labute approximate surface area is 142 Å². The Bertz CT molecular complexity index is 926. The van der Waals surface area contributed by atoms with Gasteiger partial charge in [0, 0.05) is 4.88 Å². The molecule has 0 bridgehead atoms. The van der Waals surface area contributed by atoms with Crippen LogP contribution in [0.3, 0.4) is 0 Å². The monoisotopic (exact) mass is 365 g/mol. The number of nitrogens with one attached hydrogen (secondary N) is 1. The van der Waals surface area contributed by atoms with E-state index in [0.717, 1.165) is 22.6 Å². The number of thiophene rings is 1. The van der Waals surface area contributed by atoms with Crippen molar-refractivity contribution in [2.24, 2.45) is 0 Å². The number of hydrogen-bond donors (Lipinski definition) is 1. The van der Waals surface area contributed by atoms with Crippen LogP contribution in [0.2, 0.25) is 0 Å². The van der Waals surface area contributed by atoms with Crippen molar-refractivity contribution in [2.75, 3.05) is 0 Å². The first kappa shape index (κ1) is 16.8. The predicted molar refractivity (Wildman–Crippen MR) is 89.3 cm³/mol. The van der Waals surface area contributed by atoms with Crippen molar-refractivity contribution in [3.8, 4) is 0 Å². The molecule has 0 spiro atoms. The van der Waals surface area contributed by atoms with Crippen LogP contribution in [0.5, 0.6) is 0 Å². The minimum Gasteiger partial charge on any atom is -0.207 e. The summed E-state index contributed by atoms with van der Waals surface area (Å²) in [4.78, 5) is 0.478. The molecule has 3 aromatic rings. The SMILES string of the molecule is O=S(=O)(N[C@H](c1ccccc1)c1cccs1)c1ccc(F)c(F)c1. The second kappa shape index (κ2) is 6.80. The molecule has 1 atom stereocenters. The lowest BCUT2D eigenvalue weighted by atomic mass is 10.1. The summed E-state index contributed by atoms with van der Waals surface area (Å²) < 4.78 is 54.2. The van der Waals surface area contributed by atoms with Gasteiger partial charge in [-0.05, 0) is 35.2 Å². The Morgan fingerprint density at radius 3 is 2.29 bits per heavy atom. The van der Waals surface area contributed by atoms with Crippen molar-refractivity contribution in [3.05, 3.63) is 88.1 Å². The van der Waals surface area contributed by atoms with Gasteiger partial charge in [0.1, 0.15) is 0 Å². The van der Waals surface area contributed by atoms with Crippen LogP contribution in [0.25, 0.3) is 0 Å². The van der Waals surface area contributed by atoms with Gasteiger partial charge < -0.3 is 0 Å². The second-order valence-electron chi connectivity index (χ2n) is 5.06. The van der Waals surface area contributed by atoms with E-state index in [1.165, 1.54) is 11.3 Å². The highest BCUT2D eigenvalue weighted by molar-refractivity contribution is 7.89. The Balaban J connectivity index is 1.99. The third-order valence-electron chi connectivity index (χ3n) is 3.43. The van der Waals surface area contributed by atoms with E-state index < -0.39 is 27.7 Å². The lowest BCUT2D eigenvalue weighted by Gasteiger charge is -2.18. The summed E-state index contributed by atoms with van der Waals surface area (Å²) in [7, 11) is -4.02. The molecular formula is C17H13F2NO2S2. The molecule has 0 aliphatic heterocycles. The van der Waals surface area contributed by atoms with Gasteiger partial charge in [0.25, 0.3) is 0 Å². The van der Waals surface area contributed by atoms with Crippen molar-refractivity contribution in [1.29, 1.82) is 0 Å². The van der Waals surface area contributed by atoms with E-state index in [1.807, 2.05) is 35.7 Å². The number of benzene rings is 2. The summed E-state index contributed by atoms with van der Waals surface area (Å²) >= 11 is 1.41. The average molecular weight is 365 g/mol. The Morgan fingerprint density at radius 2 is 1.67 bits per heavy atom. The van der Waals surface area contributed by atoms with Crippen LogP contribution in [0.1, 0.15) is 16.5 Å². The van der Waals surface area contributed by atoms with E-state index in [-0.39, 0.29) is 4.90 Å². The van der Waals surface area contributed by atoms with Gasteiger partial charge in [-0.25, -0.2) is 17.2 Å². The lowest BCUT2D eigenvalue weighted by Crippen LogP contribution is -2.29. The molecule has 0 amide bonds. The van der Waals surface area contributed by atoms with Gasteiger partial charge in [0.2, 0.25) is 10.0 Å². The van der Waals surface area contributed by atoms with Gasteiger partial charge in [0.15, 0.2) is 11.6 Å². The Hall–Kier alpha value is -2.09. The van der Waals surface area contributed by atoms with Gasteiger partial charge in [-0.2, -0.15) is 4.72 Å². The number of hydrogen-bond acceptors (Lipinski definition) is 3. The van der Waals surface area contributed by atoms with Crippen molar-refractivity contribution < 1.29 is 17.2 Å². The highest BCUT2D eigenvalue weighted by atomic mass is 32.2. The van der Waals surface area contributed by atoms with E-state index in [9.17, 15) is 17.2 Å². The summed E-state index contributed by atoms with van der Waals surface area (Å²) in [5.41, 5.74) is 0.756. The predicted octanol–water partition coefficient (Wildman–Crippen LogP) is 4.09. The lowest BCUT2D eigenvalue weighted by molar-refractivity contribution is 0.504. The zero-order valence-electron chi connectivity index (χ0n) is 12.3. The molecule has 1 aromatic heterocycles. The van der Waals surface area contributed by atoms with Crippen molar-refractivity contribution in [1.82, 2.24) is 4.72 Å². The summed E-state index contributed by atoms with van der Waals surface area (Å²) in [5, 5.41) is 1.84. The summed E-state index contributed by atoms with van der Waals surface area (Å²) in [6, 6.07) is 14.6. The van der Waals surface area contributed by atoms with Crippen molar-refractivity contribution >= 4 is 21.4 Å². The van der Waals surface area contributed by atoms with Crippen molar-refractivity contribution in [2.45, 2.75) is 10.9 Å². The molecule has 0 aliphatic rings. The maximum absolute atomic E-state index is 13.4. The van der Waals surface area contributed by atoms with E-state index in [2.05, 4.69) is 4.72 Å². The van der Waals surface area contributed by atoms with E-state index in [0.29, 0.717) is 6.07 Å². The minimum absolute atomic E-state index is 0.320. The molecule has 2 aromatic carbocycles. The smallest absolute Gasteiger partial charge is 0.207 e. The van der Waals surface area contributed by atoms with E-state index in [4.69, 9.17) is 0 Å². The summed E-state index contributed by atoms with van der Waals surface area (Å²) in [5.74, 6) is -2.29. The molecule has 24 heavy (non-hydrogen) atoms. The van der Waals surface area contributed by atoms with E-state index >= 15 is 0 Å². The van der Waals surface area contributed by atoms with Crippen LogP contribution in [0.15, 0.2) is 70.9 Å². The topological polar surface area (TPSA) is 46.2 Å². The number of sulfonamides is 1. The molecule has 1 heterocycles. The summed E-state index contributed by atoms with van der Waals surface area (Å²) in [6.45, 7) is 0. The fourth-order valence-electron chi connectivity index (χ4n) is 2.26. The quantitative estimate of drug-likeness (QED) is 0.740. The molecule has 0 saturated heterocycles. The fraction of sp³-hybridized carbons (Fsp3) is 0.0588. The molecular weight excluding hydrogens is 352 g/mol. The third-order valence-corrected chi connectivity index (χ3v) is 5.79. The molecule has 3 rings (SSSR count). The molecule has 0 fully saturated rings. The van der Waals surface area contributed by atoms with Crippen LogP contribution in [-0.2, 0) is 10.0 Å². The molecule has 0 radical (unpaired) electrons. The van der Waals surface area contributed by atoms with Gasteiger partial charge >= 0.3 is 0 Å². The van der Waals surface area contributed by atoms with Crippen LogP contribution in [0.4, 0.5) is 8.78 Å². The van der Waals surface area contributed by atoms with Gasteiger partial charge in [-0.3, -0.25) is 0 Å². The zero-order valence-corrected chi connectivity index (χ0v) is 14.0. The molecule has 7 heteroatoms. The Kier molecular flexibility index (Phi) is 4.75. The van der Waals surface area contributed by atoms with Crippen LogP contribution < -0.4 is 4.72 Å². The van der Waals surface area contributed by atoms with Crippen molar-refractivity contribution in [3.63, 3.8) is 0 Å². The second-order valence-corrected chi connectivity index (χ2v) is 7.75. The Morgan fingerprint density at radius 1 is 0.917 bits per heavy atom. The first-order valence-corrected chi connectivity index (χ1v) is 9.39. The van der Waals surface area contributed by atoms with Gasteiger partial charge in [-0.1, -0.05) is 36.4 Å². The number of rotatable bonds is 5. The highest BCUT2D eigenvalue weighted by Crippen LogP contribution is 2.28. The average Bonchev–Trinajstić information content (AvgIpc) is 3.10. The van der Waals surface area contributed by atoms with Gasteiger partial charge in [0.05, 0.1) is 10.9 Å². The molecule has 0 aliphatic carbocycles. The number of halogens is 2. The molecule has 124 valence electrons. The van der Waals surface area contributed by atoms with E-state index in [1.54, 1.807) is 12.1 Å². The van der Waals surface area contributed by atoms with Crippen LogP contribution in [-0.4, -0.2) is 8.42 Å². The fourth-order valence-corrected chi connectivity index (χ4v) is 4.35. The highest BCUT2D eigenvalue weighted by Gasteiger charge is 2.24. The first-order valence-electron chi connectivity index (χ1n) is 7.03. The molecule has 0 saturated carbocycles. The van der Waals surface area contributed by atoms with Gasteiger partial charge in [-0.15, -0.1) is 11.3 Å². The van der Waals surface area contributed by atoms with Crippen LogP contribution >= 0.6 is 11.3 Å². The zero-order chi connectivity index (χ0) is 17.2. The molecule has 0 unspecified atom stereocenters. The normalized spacial score (nSPS) is 12.9.